The molecule has 0 saturated heterocycles. The Morgan fingerprint density at radius 1 is 1.28 bits per heavy atom. The number of benzene rings is 1. The highest BCUT2D eigenvalue weighted by Gasteiger charge is 2.31. The van der Waals surface area contributed by atoms with Gasteiger partial charge in [-0.1, -0.05) is 0 Å². The van der Waals surface area contributed by atoms with Crippen LogP contribution in [0.5, 0.6) is 0 Å². The third kappa shape index (κ3) is 3.60. The zero-order valence-corrected chi connectivity index (χ0v) is 13.1. The van der Waals surface area contributed by atoms with Crippen molar-refractivity contribution in [1.82, 2.24) is 15.1 Å². The summed E-state index contributed by atoms with van der Waals surface area (Å²) in [7, 11) is 0. The van der Waals surface area contributed by atoms with Gasteiger partial charge in [-0.2, -0.15) is 18.3 Å². The average molecular weight is 348 g/mol. The largest absolute Gasteiger partial charge is 0.416 e. The summed E-state index contributed by atoms with van der Waals surface area (Å²) in [6.45, 7) is 1.48. The zero-order chi connectivity index (χ0) is 18.0. The Balaban J connectivity index is 1.82. The van der Waals surface area contributed by atoms with E-state index in [4.69, 9.17) is 6.42 Å². The summed E-state index contributed by atoms with van der Waals surface area (Å²) >= 11 is 0. The molecule has 2 heterocycles. The maximum absolute atomic E-state index is 12.7. The van der Waals surface area contributed by atoms with Gasteiger partial charge in [0.25, 0.3) is 5.91 Å². The van der Waals surface area contributed by atoms with E-state index in [1.165, 1.54) is 12.1 Å². The van der Waals surface area contributed by atoms with E-state index < -0.39 is 17.6 Å². The standard InChI is InChI=1S/C17H15F3N4O/c1-2-15(25)21-9-12-10-23(16-7-8-22-24(16)11-12)14-5-3-13(4-6-14)17(18,19)20/h1,3-8,12H,9-11H2,(H,21,25). The molecule has 1 atom stereocenters. The van der Waals surface area contributed by atoms with Crippen molar-refractivity contribution < 1.29 is 18.0 Å². The molecule has 8 heteroatoms. The molecule has 1 unspecified atom stereocenters. The van der Waals surface area contributed by atoms with Gasteiger partial charge in [0.2, 0.25) is 0 Å². The Morgan fingerprint density at radius 2 is 2.00 bits per heavy atom. The summed E-state index contributed by atoms with van der Waals surface area (Å²) in [6.07, 6.45) is 2.30. The Bertz CT molecular complexity index is 805. The van der Waals surface area contributed by atoms with E-state index in [9.17, 15) is 18.0 Å². The van der Waals surface area contributed by atoms with Crippen molar-refractivity contribution >= 4 is 17.4 Å². The number of halogens is 3. The minimum Gasteiger partial charge on any atom is -0.345 e. The van der Waals surface area contributed by atoms with Crippen molar-refractivity contribution in [3.8, 4) is 12.3 Å². The first-order valence-corrected chi connectivity index (χ1v) is 7.59. The minimum absolute atomic E-state index is 0.0204. The number of fused-ring (bicyclic) bond motifs is 1. The van der Waals surface area contributed by atoms with Crippen LogP contribution in [0.25, 0.3) is 0 Å². The Labute approximate surface area is 142 Å². The van der Waals surface area contributed by atoms with E-state index in [-0.39, 0.29) is 5.92 Å². The highest BCUT2D eigenvalue weighted by Crippen LogP contribution is 2.34. The highest BCUT2D eigenvalue weighted by molar-refractivity contribution is 5.92. The van der Waals surface area contributed by atoms with E-state index in [0.29, 0.717) is 25.3 Å². The summed E-state index contributed by atoms with van der Waals surface area (Å²) in [6, 6.07) is 6.78. The van der Waals surface area contributed by atoms with Gasteiger partial charge >= 0.3 is 6.18 Å². The van der Waals surface area contributed by atoms with Crippen molar-refractivity contribution in [2.45, 2.75) is 12.7 Å². The maximum Gasteiger partial charge on any atom is 0.416 e. The molecule has 1 aliphatic heterocycles. The van der Waals surface area contributed by atoms with Crippen LogP contribution < -0.4 is 10.2 Å². The molecule has 1 amide bonds. The van der Waals surface area contributed by atoms with Crippen LogP contribution >= 0.6 is 0 Å². The van der Waals surface area contributed by atoms with Gasteiger partial charge in [-0.15, -0.1) is 6.42 Å². The van der Waals surface area contributed by atoms with Crippen LogP contribution in [0, 0.1) is 18.3 Å². The molecule has 1 aromatic heterocycles. The van der Waals surface area contributed by atoms with Crippen LogP contribution in [0.1, 0.15) is 5.56 Å². The molecule has 0 aliphatic carbocycles. The number of terminal acetylenes is 1. The molecule has 1 aromatic carbocycles. The fraction of sp³-hybridized carbons (Fsp3) is 0.294. The maximum atomic E-state index is 12.7. The fourth-order valence-corrected chi connectivity index (χ4v) is 2.83. The van der Waals surface area contributed by atoms with Gasteiger partial charge in [0.15, 0.2) is 0 Å². The molecule has 5 nitrogen and oxygen atoms in total. The lowest BCUT2D eigenvalue weighted by Gasteiger charge is -2.34. The average Bonchev–Trinajstić information content (AvgIpc) is 3.06. The number of hydrogen-bond donors (Lipinski definition) is 1. The molecule has 1 aliphatic rings. The van der Waals surface area contributed by atoms with Crippen molar-refractivity contribution in [3.05, 3.63) is 42.1 Å². The third-order valence-corrected chi connectivity index (χ3v) is 4.03. The first-order valence-electron chi connectivity index (χ1n) is 7.59. The number of nitrogens with one attached hydrogen (secondary N) is 1. The summed E-state index contributed by atoms with van der Waals surface area (Å²) in [5, 5.41) is 6.86. The second kappa shape index (κ2) is 6.51. The lowest BCUT2D eigenvalue weighted by molar-refractivity contribution is -0.137. The lowest BCUT2D eigenvalue weighted by atomic mass is 10.1. The number of aromatic nitrogens is 2. The number of carbonyl (C=O) groups is 1. The molecule has 0 fully saturated rings. The second-order valence-corrected chi connectivity index (χ2v) is 5.75. The SMILES string of the molecule is C#CC(=O)NCC1CN(c2ccc(C(F)(F)F)cc2)c2ccnn2C1. The van der Waals surface area contributed by atoms with E-state index in [2.05, 4.69) is 10.4 Å². The summed E-state index contributed by atoms with van der Waals surface area (Å²) in [5.74, 6) is 2.31. The van der Waals surface area contributed by atoms with E-state index >= 15 is 0 Å². The molecule has 0 bridgehead atoms. The van der Waals surface area contributed by atoms with Crippen molar-refractivity contribution in [2.75, 3.05) is 18.0 Å². The number of alkyl halides is 3. The lowest BCUT2D eigenvalue weighted by Crippen LogP contribution is -2.41. The monoisotopic (exact) mass is 348 g/mol. The van der Waals surface area contributed by atoms with Crippen molar-refractivity contribution in [3.63, 3.8) is 0 Å². The van der Waals surface area contributed by atoms with Gasteiger partial charge in [-0.3, -0.25) is 4.79 Å². The molecule has 3 rings (SSSR count). The molecule has 0 radical (unpaired) electrons. The molecule has 25 heavy (non-hydrogen) atoms. The first kappa shape index (κ1) is 16.9. The molecule has 130 valence electrons. The van der Waals surface area contributed by atoms with Crippen LogP contribution in [0.15, 0.2) is 36.5 Å². The Morgan fingerprint density at radius 3 is 2.64 bits per heavy atom. The van der Waals surface area contributed by atoms with Crippen LogP contribution in [-0.4, -0.2) is 28.8 Å². The number of amides is 1. The molecular formula is C17H15F3N4O. The summed E-state index contributed by atoms with van der Waals surface area (Å²) < 4.78 is 40.0. The number of nitrogens with zero attached hydrogens (tertiary/aromatic N) is 3. The molecular weight excluding hydrogens is 333 g/mol. The van der Waals surface area contributed by atoms with Crippen molar-refractivity contribution in [1.29, 1.82) is 0 Å². The van der Waals surface area contributed by atoms with Crippen LogP contribution in [0.4, 0.5) is 24.7 Å². The second-order valence-electron chi connectivity index (χ2n) is 5.75. The van der Waals surface area contributed by atoms with Gasteiger partial charge in [-0.05, 0) is 30.2 Å². The van der Waals surface area contributed by atoms with Gasteiger partial charge in [0, 0.05) is 37.3 Å². The number of rotatable bonds is 3. The fourth-order valence-electron chi connectivity index (χ4n) is 2.83. The van der Waals surface area contributed by atoms with Crippen LogP contribution in [0.3, 0.4) is 0 Å². The van der Waals surface area contributed by atoms with Gasteiger partial charge in [0.1, 0.15) is 5.82 Å². The third-order valence-electron chi connectivity index (χ3n) is 4.03. The molecule has 0 saturated carbocycles. The Hall–Kier alpha value is -2.95. The minimum atomic E-state index is -4.37. The van der Waals surface area contributed by atoms with E-state index in [1.54, 1.807) is 16.9 Å². The normalized spacial score (nSPS) is 16.9. The Kier molecular flexibility index (Phi) is 4.40. The molecule has 2 aromatic rings. The predicted molar refractivity (Wildman–Crippen MR) is 86.0 cm³/mol. The van der Waals surface area contributed by atoms with Crippen molar-refractivity contribution in [2.24, 2.45) is 5.92 Å². The number of hydrogen-bond acceptors (Lipinski definition) is 3. The molecule has 0 spiro atoms. The van der Waals surface area contributed by atoms with E-state index in [1.807, 2.05) is 10.8 Å². The van der Waals surface area contributed by atoms with Crippen LogP contribution in [0.2, 0.25) is 0 Å². The highest BCUT2D eigenvalue weighted by atomic mass is 19.4. The summed E-state index contributed by atoms with van der Waals surface area (Å²) in [4.78, 5) is 13.1. The number of carbonyl (C=O) groups excluding carboxylic acids is 1. The smallest absolute Gasteiger partial charge is 0.345 e. The number of anilines is 2. The quantitative estimate of drug-likeness (QED) is 0.867. The van der Waals surface area contributed by atoms with Gasteiger partial charge < -0.3 is 10.2 Å². The zero-order valence-electron chi connectivity index (χ0n) is 13.1. The van der Waals surface area contributed by atoms with Gasteiger partial charge in [0.05, 0.1) is 11.8 Å². The van der Waals surface area contributed by atoms with Gasteiger partial charge in [-0.25, -0.2) is 4.68 Å². The first-order chi connectivity index (χ1) is 11.9. The topological polar surface area (TPSA) is 50.2 Å². The van der Waals surface area contributed by atoms with Crippen LogP contribution in [-0.2, 0) is 17.5 Å². The molecule has 1 N–H and O–H groups in total. The van der Waals surface area contributed by atoms with E-state index in [0.717, 1.165) is 18.0 Å². The predicted octanol–water partition coefficient (Wildman–Crippen LogP) is 2.42. The summed E-state index contributed by atoms with van der Waals surface area (Å²) in [5.41, 5.74) is -0.0673.